The van der Waals surface area contributed by atoms with Crippen LogP contribution in [0.5, 0.6) is 0 Å². The van der Waals surface area contributed by atoms with Crippen LogP contribution in [0.3, 0.4) is 0 Å². The number of hydrogen-bond acceptors (Lipinski definition) is 4. The molecule has 3 N–H and O–H groups in total. The maximum Gasteiger partial charge on any atom is 0.139 e. The second-order valence-electron chi connectivity index (χ2n) is 4.21. The van der Waals surface area contributed by atoms with Gasteiger partial charge in [-0.2, -0.15) is 0 Å². The van der Waals surface area contributed by atoms with Crippen molar-refractivity contribution in [1.82, 2.24) is 9.97 Å². The molecule has 0 saturated carbocycles. The summed E-state index contributed by atoms with van der Waals surface area (Å²) in [5, 5.41) is 3.30. The van der Waals surface area contributed by atoms with Gasteiger partial charge in [-0.3, -0.25) is 0 Å². The SMILES string of the molecule is Cc1nc(N)c(C)c(Nc2ccc(Br)cc2C)n1. The minimum Gasteiger partial charge on any atom is -0.383 e. The second kappa shape index (κ2) is 4.94. The summed E-state index contributed by atoms with van der Waals surface area (Å²) in [7, 11) is 0. The number of aryl methyl sites for hydroxylation is 2. The van der Waals surface area contributed by atoms with Crippen LogP contribution in [0.4, 0.5) is 17.3 Å². The summed E-state index contributed by atoms with van der Waals surface area (Å²) in [4.78, 5) is 8.51. The second-order valence-corrected chi connectivity index (χ2v) is 5.13. The third-order valence-corrected chi connectivity index (χ3v) is 3.23. The van der Waals surface area contributed by atoms with E-state index in [-0.39, 0.29) is 0 Å². The topological polar surface area (TPSA) is 63.8 Å². The number of aromatic nitrogens is 2. The fourth-order valence-electron chi connectivity index (χ4n) is 1.67. The summed E-state index contributed by atoms with van der Waals surface area (Å²) in [5.74, 6) is 1.93. The Bertz CT molecular complexity index is 596. The van der Waals surface area contributed by atoms with Crippen molar-refractivity contribution in [3.63, 3.8) is 0 Å². The molecule has 1 heterocycles. The summed E-state index contributed by atoms with van der Waals surface area (Å²) in [5.41, 5.74) is 8.85. The van der Waals surface area contributed by atoms with Gasteiger partial charge < -0.3 is 11.1 Å². The van der Waals surface area contributed by atoms with Gasteiger partial charge in [0.25, 0.3) is 0 Å². The van der Waals surface area contributed by atoms with Gasteiger partial charge in [0, 0.05) is 15.7 Å². The lowest BCUT2D eigenvalue weighted by atomic mass is 10.2. The minimum absolute atomic E-state index is 0.514. The Morgan fingerprint density at radius 2 is 1.89 bits per heavy atom. The number of halogens is 1. The van der Waals surface area contributed by atoms with Gasteiger partial charge in [-0.25, -0.2) is 9.97 Å². The Balaban J connectivity index is 2.40. The number of nitrogens with zero attached hydrogens (tertiary/aromatic N) is 2. The molecule has 0 aliphatic carbocycles. The van der Waals surface area contributed by atoms with Gasteiger partial charge in [-0.05, 0) is 44.5 Å². The molecule has 0 radical (unpaired) electrons. The van der Waals surface area contributed by atoms with Gasteiger partial charge in [-0.1, -0.05) is 15.9 Å². The van der Waals surface area contributed by atoms with Crippen molar-refractivity contribution in [1.29, 1.82) is 0 Å². The molecule has 0 atom stereocenters. The quantitative estimate of drug-likeness (QED) is 0.891. The van der Waals surface area contributed by atoms with Gasteiger partial charge in [0.1, 0.15) is 17.5 Å². The molecule has 0 amide bonds. The van der Waals surface area contributed by atoms with Crippen LogP contribution in [0, 0.1) is 20.8 Å². The van der Waals surface area contributed by atoms with Crippen molar-refractivity contribution in [2.45, 2.75) is 20.8 Å². The molecule has 0 saturated heterocycles. The molecule has 0 aliphatic heterocycles. The highest BCUT2D eigenvalue weighted by atomic mass is 79.9. The van der Waals surface area contributed by atoms with Gasteiger partial charge in [0.2, 0.25) is 0 Å². The first-order valence-electron chi connectivity index (χ1n) is 5.61. The number of rotatable bonds is 2. The molecular formula is C13H15BrN4. The molecule has 5 heteroatoms. The Labute approximate surface area is 115 Å². The van der Waals surface area contributed by atoms with E-state index in [2.05, 4.69) is 37.3 Å². The van der Waals surface area contributed by atoms with E-state index in [9.17, 15) is 0 Å². The van der Waals surface area contributed by atoms with Gasteiger partial charge in [0.15, 0.2) is 0 Å². The minimum atomic E-state index is 0.514. The van der Waals surface area contributed by atoms with E-state index in [4.69, 9.17) is 5.73 Å². The van der Waals surface area contributed by atoms with Crippen molar-refractivity contribution in [3.05, 3.63) is 39.6 Å². The average Bonchev–Trinajstić information content (AvgIpc) is 2.29. The largest absolute Gasteiger partial charge is 0.383 e. The van der Waals surface area contributed by atoms with Crippen LogP contribution in [-0.4, -0.2) is 9.97 Å². The Morgan fingerprint density at radius 3 is 2.56 bits per heavy atom. The molecule has 18 heavy (non-hydrogen) atoms. The van der Waals surface area contributed by atoms with E-state index in [0.29, 0.717) is 11.6 Å². The van der Waals surface area contributed by atoms with E-state index in [1.807, 2.05) is 32.9 Å². The fraction of sp³-hybridized carbons (Fsp3) is 0.231. The smallest absolute Gasteiger partial charge is 0.139 e. The fourth-order valence-corrected chi connectivity index (χ4v) is 2.14. The van der Waals surface area contributed by atoms with Crippen LogP contribution in [0.2, 0.25) is 0 Å². The summed E-state index contributed by atoms with van der Waals surface area (Å²) in [6.07, 6.45) is 0. The molecule has 1 aromatic carbocycles. The molecule has 2 aromatic rings. The number of nitrogens with two attached hydrogens (primary N) is 1. The van der Waals surface area contributed by atoms with Crippen molar-refractivity contribution in [2.75, 3.05) is 11.1 Å². The zero-order chi connectivity index (χ0) is 13.3. The van der Waals surface area contributed by atoms with E-state index in [1.54, 1.807) is 0 Å². The molecular weight excluding hydrogens is 292 g/mol. The van der Waals surface area contributed by atoms with Crippen molar-refractivity contribution in [3.8, 4) is 0 Å². The summed E-state index contributed by atoms with van der Waals surface area (Å²) >= 11 is 3.45. The van der Waals surface area contributed by atoms with Crippen LogP contribution in [0.1, 0.15) is 17.0 Å². The molecule has 0 bridgehead atoms. The first kappa shape index (κ1) is 12.8. The third-order valence-electron chi connectivity index (χ3n) is 2.74. The molecule has 0 fully saturated rings. The Hall–Kier alpha value is -1.62. The predicted molar refractivity (Wildman–Crippen MR) is 78.1 cm³/mol. The number of nitrogens with one attached hydrogen (secondary N) is 1. The summed E-state index contributed by atoms with van der Waals surface area (Å²) < 4.78 is 1.06. The standard InChI is InChI=1S/C13H15BrN4/c1-7-6-10(14)4-5-11(7)18-13-8(2)12(15)16-9(3)17-13/h4-6H,1-3H3,(H3,15,16,17,18). The summed E-state index contributed by atoms with van der Waals surface area (Å²) in [6, 6.07) is 6.05. The number of anilines is 3. The van der Waals surface area contributed by atoms with Crippen LogP contribution in [0.25, 0.3) is 0 Å². The third kappa shape index (κ3) is 2.61. The first-order valence-corrected chi connectivity index (χ1v) is 6.40. The lowest BCUT2D eigenvalue weighted by Crippen LogP contribution is -2.05. The highest BCUT2D eigenvalue weighted by molar-refractivity contribution is 9.10. The molecule has 0 unspecified atom stereocenters. The highest BCUT2D eigenvalue weighted by Crippen LogP contribution is 2.25. The normalized spacial score (nSPS) is 10.4. The number of nitrogen functional groups attached to an aromatic ring is 1. The lowest BCUT2D eigenvalue weighted by Gasteiger charge is -2.13. The Morgan fingerprint density at radius 1 is 1.17 bits per heavy atom. The van der Waals surface area contributed by atoms with Crippen molar-refractivity contribution >= 4 is 33.3 Å². The Kier molecular flexibility index (Phi) is 3.52. The van der Waals surface area contributed by atoms with Crippen molar-refractivity contribution in [2.24, 2.45) is 0 Å². The van der Waals surface area contributed by atoms with Gasteiger partial charge >= 0.3 is 0 Å². The lowest BCUT2D eigenvalue weighted by molar-refractivity contribution is 1.04. The molecule has 1 aromatic heterocycles. The monoisotopic (exact) mass is 306 g/mol. The van der Waals surface area contributed by atoms with Crippen molar-refractivity contribution < 1.29 is 0 Å². The number of benzene rings is 1. The van der Waals surface area contributed by atoms with E-state index in [0.717, 1.165) is 27.1 Å². The zero-order valence-electron chi connectivity index (χ0n) is 10.6. The van der Waals surface area contributed by atoms with Crippen LogP contribution in [0.15, 0.2) is 22.7 Å². The maximum atomic E-state index is 5.84. The van der Waals surface area contributed by atoms with Crippen LogP contribution >= 0.6 is 15.9 Å². The van der Waals surface area contributed by atoms with E-state index >= 15 is 0 Å². The molecule has 0 spiro atoms. The van der Waals surface area contributed by atoms with Crippen LogP contribution in [-0.2, 0) is 0 Å². The van der Waals surface area contributed by atoms with Gasteiger partial charge in [-0.15, -0.1) is 0 Å². The van der Waals surface area contributed by atoms with Gasteiger partial charge in [0.05, 0.1) is 0 Å². The van der Waals surface area contributed by atoms with Crippen LogP contribution < -0.4 is 11.1 Å². The molecule has 0 aliphatic rings. The zero-order valence-corrected chi connectivity index (χ0v) is 12.2. The number of hydrogen-bond donors (Lipinski definition) is 2. The summed E-state index contributed by atoms with van der Waals surface area (Å²) in [6.45, 7) is 5.78. The highest BCUT2D eigenvalue weighted by Gasteiger charge is 2.08. The molecule has 2 rings (SSSR count). The molecule has 94 valence electrons. The molecule has 4 nitrogen and oxygen atoms in total. The maximum absolute atomic E-state index is 5.84. The predicted octanol–water partition coefficient (Wildman–Crippen LogP) is 3.49. The van der Waals surface area contributed by atoms with E-state index in [1.165, 1.54) is 0 Å². The average molecular weight is 307 g/mol. The first-order chi connectivity index (χ1) is 8.47. The van der Waals surface area contributed by atoms with E-state index < -0.39 is 0 Å².